The molecule has 0 radical (unpaired) electrons. The lowest BCUT2D eigenvalue weighted by Gasteiger charge is -2.11. The summed E-state index contributed by atoms with van der Waals surface area (Å²) in [5.74, 6) is 0.622. The van der Waals surface area contributed by atoms with Gasteiger partial charge in [0.1, 0.15) is 0 Å². The number of hydrogen-bond acceptors (Lipinski definition) is 3. The summed E-state index contributed by atoms with van der Waals surface area (Å²) in [5.41, 5.74) is 0.751. The average molecular weight is 285 g/mol. The molecule has 0 amide bonds. The van der Waals surface area contributed by atoms with Crippen molar-refractivity contribution in [2.45, 2.75) is 11.7 Å². The van der Waals surface area contributed by atoms with E-state index in [9.17, 15) is 0 Å². The smallest absolute Gasteiger partial charge is 0.164 e. The normalized spacial score (nSPS) is 10.5. The molecular weight excluding hydrogens is 277 g/mol. The molecule has 0 fully saturated rings. The Morgan fingerprint density at radius 1 is 1.35 bits per heavy atom. The second-order valence-electron chi connectivity index (χ2n) is 3.33. The zero-order valence-electron chi connectivity index (χ0n) is 8.73. The quantitative estimate of drug-likeness (QED) is 0.640. The predicted molar refractivity (Wildman–Crippen MR) is 71.3 cm³/mol. The highest BCUT2D eigenvalue weighted by molar-refractivity contribution is 7.58. The first-order valence-corrected chi connectivity index (χ1v) is 5.96. The molecule has 17 heavy (non-hydrogen) atoms. The predicted octanol–water partition coefficient (Wildman–Crippen LogP) is 3.34. The average Bonchev–Trinajstić information content (AvgIpc) is 2.62. The van der Waals surface area contributed by atoms with Crippen molar-refractivity contribution in [3.63, 3.8) is 0 Å². The molecule has 0 aliphatic heterocycles. The third kappa shape index (κ3) is 2.44. The van der Waals surface area contributed by atoms with E-state index in [0.29, 0.717) is 27.6 Å². The summed E-state index contributed by atoms with van der Waals surface area (Å²) in [5, 5.41) is 9.40. The van der Waals surface area contributed by atoms with E-state index in [-0.39, 0.29) is 0 Å². The van der Waals surface area contributed by atoms with Crippen LogP contribution in [-0.4, -0.2) is 14.8 Å². The van der Waals surface area contributed by atoms with Gasteiger partial charge in [-0.1, -0.05) is 29.3 Å². The van der Waals surface area contributed by atoms with E-state index in [1.807, 2.05) is 0 Å². The number of nitrogens with zero attached hydrogens (tertiary/aromatic N) is 3. The van der Waals surface area contributed by atoms with Crippen LogP contribution in [0, 0.1) is 0 Å². The number of halogens is 2. The van der Waals surface area contributed by atoms with Crippen LogP contribution >= 0.6 is 23.2 Å². The Kier molecular flexibility index (Phi) is 3.66. The topological polar surface area (TPSA) is 30.7 Å². The largest absolute Gasteiger partial charge is 0.740 e. The van der Waals surface area contributed by atoms with E-state index in [1.165, 1.54) is 0 Å². The minimum absolute atomic E-state index is 0.408. The summed E-state index contributed by atoms with van der Waals surface area (Å²) in [7, 11) is 0. The first-order valence-electron chi connectivity index (χ1n) is 4.80. The van der Waals surface area contributed by atoms with Gasteiger partial charge in [0.15, 0.2) is 5.82 Å². The number of benzene rings is 1. The first-order chi connectivity index (χ1) is 8.13. The van der Waals surface area contributed by atoms with Crippen LogP contribution in [0.4, 0.5) is 0 Å². The number of rotatable bonds is 3. The van der Waals surface area contributed by atoms with Crippen LogP contribution in [0.5, 0.6) is 0 Å². The van der Waals surface area contributed by atoms with Crippen molar-refractivity contribution in [1.29, 1.82) is 0 Å². The fourth-order valence-electron chi connectivity index (χ4n) is 1.45. The maximum atomic E-state index is 6.12. The van der Waals surface area contributed by atoms with E-state index in [4.69, 9.17) is 35.8 Å². The molecule has 0 bridgehead atoms. The molecule has 2 rings (SSSR count). The van der Waals surface area contributed by atoms with Gasteiger partial charge in [0.05, 0.1) is 5.02 Å². The summed E-state index contributed by atoms with van der Waals surface area (Å²) in [6.45, 7) is 4.21. The van der Waals surface area contributed by atoms with Gasteiger partial charge >= 0.3 is 0 Å². The molecule has 0 unspecified atom stereocenters. The van der Waals surface area contributed by atoms with Gasteiger partial charge in [-0.15, -0.1) is 11.7 Å². The van der Waals surface area contributed by atoms with Gasteiger partial charge in [0.2, 0.25) is 0 Å². The lowest BCUT2D eigenvalue weighted by atomic mass is 10.2. The van der Waals surface area contributed by atoms with Crippen LogP contribution in [-0.2, 0) is 19.2 Å². The number of aromatic nitrogens is 3. The molecule has 0 aliphatic rings. The molecule has 0 aliphatic carbocycles. The van der Waals surface area contributed by atoms with Crippen LogP contribution < -0.4 is 0 Å². The minimum Gasteiger partial charge on any atom is -0.740 e. The Morgan fingerprint density at radius 3 is 2.76 bits per heavy atom. The van der Waals surface area contributed by atoms with E-state index in [2.05, 4.69) is 16.8 Å². The Morgan fingerprint density at radius 2 is 2.12 bits per heavy atom. The molecule has 0 saturated heterocycles. The maximum Gasteiger partial charge on any atom is 0.164 e. The molecule has 0 spiro atoms. The first kappa shape index (κ1) is 12.4. The summed E-state index contributed by atoms with van der Waals surface area (Å²) in [4.78, 5) is 0. The maximum absolute atomic E-state index is 6.12. The highest BCUT2D eigenvalue weighted by Crippen LogP contribution is 2.29. The fraction of sp³-hybridized carbons (Fsp3) is 0.0909. The molecule has 0 N–H and O–H groups in total. The van der Waals surface area contributed by atoms with Gasteiger partial charge in [-0.2, -0.15) is 5.10 Å². The SMILES string of the molecule is C=CCn1c([S-])nnc1-c1ccc(Cl)cc1Cl. The molecule has 3 nitrogen and oxygen atoms in total. The molecule has 1 aromatic heterocycles. The summed E-state index contributed by atoms with van der Waals surface area (Å²) in [6.07, 6.45) is 1.73. The van der Waals surface area contributed by atoms with Crippen LogP contribution in [0.15, 0.2) is 36.0 Å². The summed E-state index contributed by atoms with van der Waals surface area (Å²) < 4.78 is 1.76. The lowest BCUT2D eigenvalue weighted by molar-refractivity contribution is 0.733. The van der Waals surface area contributed by atoms with Crippen LogP contribution in [0.2, 0.25) is 10.0 Å². The zero-order valence-corrected chi connectivity index (χ0v) is 11.1. The van der Waals surface area contributed by atoms with E-state index in [0.717, 1.165) is 5.56 Å². The molecule has 88 valence electrons. The van der Waals surface area contributed by atoms with E-state index in [1.54, 1.807) is 28.8 Å². The Labute approximate surface area is 114 Å². The summed E-state index contributed by atoms with van der Waals surface area (Å²) >= 11 is 17.0. The molecule has 6 heteroatoms. The van der Waals surface area contributed by atoms with Gasteiger partial charge in [-0.3, -0.25) is 0 Å². The highest BCUT2D eigenvalue weighted by atomic mass is 35.5. The lowest BCUT2D eigenvalue weighted by Crippen LogP contribution is -2.00. The number of allylic oxidation sites excluding steroid dienone is 1. The third-order valence-electron chi connectivity index (χ3n) is 2.20. The third-order valence-corrected chi connectivity index (χ3v) is 3.05. The van der Waals surface area contributed by atoms with Crippen molar-refractivity contribution in [2.75, 3.05) is 0 Å². The molecule has 0 atom stereocenters. The second-order valence-corrected chi connectivity index (χ2v) is 4.54. The van der Waals surface area contributed by atoms with Gasteiger partial charge in [-0.05, 0) is 18.2 Å². The molecule has 0 saturated carbocycles. The van der Waals surface area contributed by atoms with Crippen molar-refractivity contribution in [1.82, 2.24) is 14.8 Å². The Hall–Kier alpha value is -1.10. The fourth-order valence-corrected chi connectivity index (χ4v) is 2.15. The van der Waals surface area contributed by atoms with Gasteiger partial charge in [0, 0.05) is 22.3 Å². The van der Waals surface area contributed by atoms with Gasteiger partial charge in [0.25, 0.3) is 0 Å². The molecular formula is C11H8Cl2N3S-. The molecule has 2 aromatic rings. The van der Waals surface area contributed by atoms with Crippen LogP contribution in [0.25, 0.3) is 11.4 Å². The van der Waals surface area contributed by atoms with Crippen LogP contribution in [0.3, 0.4) is 0 Å². The Bertz CT molecular complexity index is 566. The second kappa shape index (κ2) is 5.04. The zero-order chi connectivity index (χ0) is 12.4. The van der Waals surface area contributed by atoms with Crippen molar-refractivity contribution in [3.05, 3.63) is 40.9 Å². The van der Waals surface area contributed by atoms with E-state index < -0.39 is 0 Å². The van der Waals surface area contributed by atoms with Crippen molar-refractivity contribution < 1.29 is 0 Å². The van der Waals surface area contributed by atoms with Gasteiger partial charge in [-0.25, -0.2) is 0 Å². The van der Waals surface area contributed by atoms with Gasteiger partial charge < -0.3 is 17.2 Å². The van der Waals surface area contributed by atoms with E-state index >= 15 is 0 Å². The monoisotopic (exact) mass is 284 g/mol. The van der Waals surface area contributed by atoms with Crippen molar-refractivity contribution >= 4 is 35.8 Å². The summed E-state index contributed by atoms with van der Waals surface area (Å²) in [6, 6.07) is 5.20. The molecule has 1 heterocycles. The van der Waals surface area contributed by atoms with Crippen molar-refractivity contribution in [3.8, 4) is 11.4 Å². The minimum atomic E-state index is 0.408. The molecule has 1 aromatic carbocycles. The standard InChI is InChI=1S/C11H9Cl2N3S/c1-2-5-16-10(14-15-11(16)17)8-4-3-7(12)6-9(8)13/h2-4,6H,1,5H2,(H,15,17)/p-1. The Balaban J connectivity index is 2.56. The highest BCUT2D eigenvalue weighted by Gasteiger charge is 2.11. The van der Waals surface area contributed by atoms with Crippen LogP contribution in [0.1, 0.15) is 0 Å². The van der Waals surface area contributed by atoms with Crippen molar-refractivity contribution in [2.24, 2.45) is 0 Å². The number of hydrogen-bond donors (Lipinski definition) is 0.